The first-order valence-corrected chi connectivity index (χ1v) is 12.5. The summed E-state index contributed by atoms with van der Waals surface area (Å²) >= 11 is 0. The molecule has 0 radical (unpaired) electrons. The zero-order valence-corrected chi connectivity index (χ0v) is 21.8. The molecular weight excluding hydrogens is 462 g/mol. The van der Waals surface area contributed by atoms with Crippen LogP contribution in [-0.2, 0) is 16.6 Å². The highest BCUT2D eigenvalue weighted by Gasteiger charge is 2.25. The molecule has 4 rings (SSSR count). The smallest absolute Gasteiger partial charge is 0.358 e. The highest BCUT2D eigenvalue weighted by molar-refractivity contribution is 5.94. The van der Waals surface area contributed by atoms with Crippen LogP contribution in [0.25, 0.3) is 5.69 Å². The van der Waals surface area contributed by atoms with Gasteiger partial charge >= 0.3 is 5.97 Å². The Hall–Kier alpha value is -4.19. The fourth-order valence-electron chi connectivity index (χ4n) is 4.20. The van der Waals surface area contributed by atoms with Crippen molar-refractivity contribution in [3.05, 3.63) is 119 Å². The van der Waals surface area contributed by atoms with E-state index in [9.17, 15) is 9.59 Å². The molecule has 0 unspecified atom stereocenters. The van der Waals surface area contributed by atoms with Gasteiger partial charge in [0.05, 0.1) is 24.0 Å². The molecule has 1 aromatic heterocycles. The Bertz CT molecular complexity index is 1340. The van der Waals surface area contributed by atoms with E-state index in [1.54, 1.807) is 29.8 Å². The lowest BCUT2D eigenvalue weighted by Gasteiger charge is -2.21. The third-order valence-corrected chi connectivity index (χ3v) is 6.13. The summed E-state index contributed by atoms with van der Waals surface area (Å²) in [6.45, 7) is 8.25. The second kappa shape index (κ2) is 11.2. The number of carbonyl (C=O) groups is 2. The van der Waals surface area contributed by atoms with Crippen LogP contribution >= 0.6 is 0 Å². The minimum absolute atomic E-state index is 0.153. The first kappa shape index (κ1) is 25.9. The van der Waals surface area contributed by atoms with E-state index in [1.165, 1.54) is 0 Å². The Labute approximate surface area is 218 Å². The van der Waals surface area contributed by atoms with Crippen molar-refractivity contribution in [3.8, 4) is 5.69 Å². The van der Waals surface area contributed by atoms with Gasteiger partial charge in [0, 0.05) is 11.0 Å². The Kier molecular flexibility index (Phi) is 7.87. The van der Waals surface area contributed by atoms with E-state index in [2.05, 4.69) is 43.3 Å². The third-order valence-electron chi connectivity index (χ3n) is 6.13. The van der Waals surface area contributed by atoms with Crippen LogP contribution < -0.4 is 5.32 Å². The normalized spacial score (nSPS) is 12.1. The molecular formula is C31H33N3O3. The van der Waals surface area contributed by atoms with Crippen molar-refractivity contribution in [2.24, 2.45) is 0 Å². The zero-order chi connectivity index (χ0) is 26.4. The maximum atomic E-state index is 13.3. The molecule has 1 N–H and O–H groups in total. The number of rotatable bonds is 8. The molecule has 37 heavy (non-hydrogen) atoms. The van der Waals surface area contributed by atoms with Gasteiger partial charge in [-0.05, 0) is 54.8 Å². The van der Waals surface area contributed by atoms with Gasteiger partial charge in [-0.1, -0.05) is 81.4 Å². The molecule has 190 valence electrons. The lowest BCUT2D eigenvalue weighted by atomic mass is 9.91. The SMILES string of the molecule is CCOC(=O)c1cc(C(C)(C)C)n(-c2ccc(C(=O)N[C@@H](Cc3ccccc3)c3ccccc3)cc2)n1. The van der Waals surface area contributed by atoms with Gasteiger partial charge in [0.15, 0.2) is 5.69 Å². The van der Waals surface area contributed by atoms with Crippen LogP contribution in [-0.4, -0.2) is 28.3 Å². The van der Waals surface area contributed by atoms with Crippen LogP contribution in [0.5, 0.6) is 0 Å². The Balaban J connectivity index is 1.58. The van der Waals surface area contributed by atoms with Crippen LogP contribution in [0.2, 0.25) is 0 Å². The average Bonchev–Trinajstić information content (AvgIpc) is 3.36. The maximum Gasteiger partial charge on any atom is 0.358 e. The number of benzene rings is 3. The first-order valence-electron chi connectivity index (χ1n) is 12.5. The zero-order valence-electron chi connectivity index (χ0n) is 21.8. The Morgan fingerprint density at radius 3 is 2.14 bits per heavy atom. The van der Waals surface area contributed by atoms with E-state index in [-0.39, 0.29) is 29.7 Å². The fraction of sp³-hybridized carbons (Fsp3) is 0.258. The van der Waals surface area contributed by atoms with Crippen LogP contribution in [0.15, 0.2) is 91.0 Å². The summed E-state index contributed by atoms with van der Waals surface area (Å²) in [6, 6.07) is 29.0. The molecule has 6 heteroatoms. The van der Waals surface area contributed by atoms with Crippen molar-refractivity contribution < 1.29 is 14.3 Å². The van der Waals surface area contributed by atoms with E-state index < -0.39 is 5.97 Å². The molecule has 6 nitrogen and oxygen atoms in total. The summed E-state index contributed by atoms with van der Waals surface area (Å²) in [6.07, 6.45) is 0.688. The van der Waals surface area contributed by atoms with Gasteiger partial charge < -0.3 is 10.1 Å². The van der Waals surface area contributed by atoms with Crippen LogP contribution in [0.4, 0.5) is 0 Å². The highest BCUT2D eigenvalue weighted by Crippen LogP contribution is 2.27. The molecule has 1 atom stereocenters. The van der Waals surface area contributed by atoms with Crippen molar-refractivity contribution in [1.29, 1.82) is 0 Å². The Morgan fingerprint density at radius 1 is 0.919 bits per heavy atom. The minimum atomic E-state index is -0.451. The summed E-state index contributed by atoms with van der Waals surface area (Å²) < 4.78 is 6.89. The standard InChI is InChI=1S/C31H33N3O3/c1-5-37-30(36)27-21-28(31(2,3)4)34(33-27)25-18-16-24(17-19-25)29(35)32-26(23-14-10-7-11-15-23)20-22-12-8-6-9-13-22/h6-19,21,26H,5,20H2,1-4H3,(H,32,35)/t26-/m0/s1. The molecule has 0 fully saturated rings. The van der Waals surface area contributed by atoms with Gasteiger partial charge in [-0.25, -0.2) is 9.48 Å². The lowest BCUT2D eigenvalue weighted by Crippen LogP contribution is -2.30. The van der Waals surface area contributed by atoms with Crippen LogP contribution in [0, 0.1) is 0 Å². The number of ether oxygens (including phenoxy) is 1. The van der Waals surface area contributed by atoms with Gasteiger partial charge in [0.2, 0.25) is 0 Å². The predicted molar refractivity (Wildman–Crippen MR) is 145 cm³/mol. The summed E-state index contributed by atoms with van der Waals surface area (Å²) in [5.74, 6) is -0.604. The highest BCUT2D eigenvalue weighted by atomic mass is 16.5. The van der Waals surface area contributed by atoms with Gasteiger partial charge in [0.1, 0.15) is 0 Å². The van der Waals surface area contributed by atoms with Gasteiger partial charge in [-0.3, -0.25) is 4.79 Å². The quantitative estimate of drug-likeness (QED) is 0.302. The van der Waals surface area contributed by atoms with Crippen LogP contribution in [0.3, 0.4) is 0 Å². The average molecular weight is 496 g/mol. The second-order valence-electron chi connectivity index (χ2n) is 9.97. The van der Waals surface area contributed by atoms with E-state index in [1.807, 2.05) is 60.7 Å². The summed E-state index contributed by atoms with van der Waals surface area (Å²) in [5, 5.41) is 7.72. The number of hydrogen-bond donors (Lipinski definition) is 1. The second-order valence-corrected chi connectivity index (χ2v) is 9.97. The van der Waals surface area contributed by atoms with Crippen molar-refractivity contribution in [1.82, 2.24) is 15.1 Å². The number of hydrogen-bond acceptors (Lipinski definition) is 4. The van der Waals surface area contributed by atoms with Crippen LogP contribution in [0.1, 0.15) is 71.4 Å². The number of nitrogens with zero attached hydrogens (tertiary/aromatic N) is 2. The molecule has 4 aromatic rings. The summed E-state index contributed by atoms with van der Waals surface area (Å²) in [4.78, 5) is 25.6. The molecule has 0 aliphatic heterocycles. The van der Waals surface area contributed by atoms with Gasteiger partial charge in [-0.15, -0.1) is 0 Å². The van der Waals surface area contributed by atoms with Crippen molar-refractivity contribution >= 4 is 11.9 Å². The molecule has 0 aliphatic rings. The molecule has 1 heterocycles. The van der Waals surface area contributed by atoms with E-state index in [0.29, 0.717) is 12.0 Å². The fourth-order valence-corrected chi connectivity index (χ4v) is 4.20. The largest absolute Gasteiger partial charge is 0.461 e. The van der Waals surface area contributed by atoms with Gasteiger partial charge in [-0.2, -0.15) is 5.10 Å². The molecule has 0 aliphatic carbocycles. The summed E-state index contributed by atoms with van der Waals surface area (Å²) in [5.41, 5.74) is 4.40. The molecule has 1 amide bonds. The lowest BCUT2D eigenvalue weighted by molar-refractivity contribution is 0.0518. The molecule has 0 saturated heterocycles. The molecule has 3 aromatic carbocycles. The molecule has 0 spiro atoms. The minimum Gasteiger partial charge on any atom is -0.461 e. The maximum absolute atomic E-state index is 13.3. The first-order chi connectivity index (χ1) is 17.8. The van der Waals surface area contributed by atoms with E-state index >= 15 is 0 Å². The summed E-state index contributed by atoms with van der Waals surface area (Å²) in [7, 11) is 0. The topological polar surface area (TPSA) is 73.2 Å². The number of nitrogens with one attached hydrogen (secondary N) is 1. The monoisotopic (exact) mass is 495 g/mol. The number of amides is 1. The van der Waals surface area contributed by atoms with Gasteiger partial charge in [0.25, 0.3) is 5.91 Å². The number of esters is 1. The van der Waals surface area contributed by atoms with E-state index in [4.69, 9.17) is 4.74 Å². The molecule has 0 saturated carbocycles. The predicted octanol–water partition coefficient (Wildman–Crippen LogP) is 6.06. The van der Waals surface area contributed by atoms with E-state index in [0.717, 1.165) is 22.5 Å². The van der Waals surface area contributed by atoms with Crippen molar-refractivity contribution in [3.63, 3.8) is 0 Å². The van der Waals surface area contributed by atoms with Crippen molar-refractivity contribution in [2.45, 2.75) is 45.6 Å². The molecule has 0 bridgehead atoms. The van der Waals surface area contributed by atoms with Crippen molar-refractivity contribution in [2.75, 3.05) is 6.61 Å². The number of carbonyl (C=O) groups excluding carboxylic acids is 2. The number of aromatic nitrogens is 2. The Morgan fingerprint density at radius 2 is 1.54 bits per heavy atom. The third kappa shape index (κ3) is 6.33.